The number of carbonyl (C=O) groups excluding carboxylic acids is 1. The molecular weight excluding hydrogens is 604 g/mol. The molecule has 1 amide bonds. The van der Waals surface area contributed by atoms with Crippen molar-refractivity contribution >= 4 is 51.0 Å². The molecule has 11 nitrogen and oxygen atoms in total. The van der Waals surface area contributed by atoms with Gasteiger partial charge in [0.2, 0.25) is 0 Å². The highest BCUT2D eigenvalue weighted by Gasteiger charge is 2.38. The van der Waals surface area contributed by atoms with E-state index >= 15 is 0 Å². The normalized spacial score (nSPS) is 21.6. The Kier molecular flexibility index (Phi) is 9.01. The number of benzene rings is 1. The number of amidine groups is 1. The summed E-state index contributed by atoms with van der Waals surface area (Å²) in [6.45, 7) is 4.80. The molecule has 1 aromatic carbocycles. The number of nitrogens with zero attached hydrogens (tertiary/aromatic N) is 2. The van der Waals surface area contributed by atoms with Crippen LogP contribution in [0.3, 0.4) is 0 Å². The average Bonchev–Trinajstić information content (AvgIpc) is 3.40. The van der Waals surface area contributed by atoms with Crippen LogP contribution in [0.25, 0.3) is 0 Å². The molecule has 0 radical (unpaired) electrons. The van der Waals surface area contributed by atoms with Gasteiger partial charge in [-0.15, -0.1) is 11.3 Å². The number of rotatable bonds is 7. The van der Waals surface area contributed by atoms with E-state index in [9.17, 15) is 31.9 Å². The third-order valence-corrected chi connectivity index (χ3v) is 8.62. The number of hydrogen-bond donors (Lipinski definition) is 4. The number of thiazole rings is 1. The summed E-state index contributed by atoms with van der Waals surface area (Å²) < 4.78 is 62.4. The quantitative estimate of drug-likeness (QED) is 0.327. The molecule has 1 aliphatic carbocycles. The molecule has 2 aromatic rings. The van der Waals surface area contributed by atoms with Gasteiger partial charge in [-0.1, -0.05) is 17.7 Å². The number of nitrogens with one attached hydrogen (secondary N) is 3. The van der Waals surface area contributed by atoms with Crippen molar-refractivity contribution in [2.75, 3.05) is 0 Å². The zero-order chi connectivity index (χ0) is 30.1. The van der Waals surface area contributed by atoms with Gasteiger partial charge in [0.1, 0.15) is 11.6 Å². The maximum Gasteiger partial charge on any atom is 0.422 e. The lowest BCUT2D eigenvalue weighted by Gasteiger charge is -2.35. The third-order valence-electron chi connectivity index (χ3n) is 6.37. The molecule has 1 aliphatic heterocycles. The van der Waals surface area contributed by atoms with Crippen LogP contribution in [-0.4, -0.2) is 48.0 Å². The Bertz CT molecular complexity index is 1500. The Hall–Kier alpha value is -3.14. The van der Waals surface area contributed by atoms with Gasteiger partial charge in [0.15, 0.2) is 22.5 Å². The number of aliphatic imine (C=N–C) groups is 1. The molecule has 41 heavy (non-hydrogen) atoms. The van der Waals surface area contributed by atoms with Crippen LogP contribution >= 0.6 is 22.9 Å². The highest BCUT2D eigenvalue weighted by molar-refractivity contribution is 7.88. The summed E-state index contributed by atoms with van der Waals surface area (Å²) in [7, 11) is -4.22. The van der Waals surface area contributed by atoms with Crippen LogP contribution in [0.1, 0.15) is 63.1 Å². The van der Waals surface area contributed by atoms with E-state index in [1.54, 1.807) is 32.3 Å². The van der Waals surface area contributed by atoms with Crippen LogP contribution < -0.4 is 14.8 Å². The fourth-order valence-corrected chi connectivity index (χ4v) is 6.54. The van der Waals surface area contributed by atoms with E-state index in [0.29, 0.717) is 36.4 Å². The van der Waals surface area contributed by atoms with Gasteiger partial charge in [-0.05, 0) is 58.4 Å². The number of aromatic nitrogens is 1. The topological polar surface area (TPSA) is 159 Å². The summed E-state index contributed by atoms with van der Waals surface area (Å²) in [5.41, 5.74) is -0.792. The van der Waals surface area contributed by atoms with E-state index in [2.05, 4.69) is 20.0 Å². The Morgan fingerprint density at radius 3 is 2.46 bits per heavy atom. The molecule has 16 heteroatoms. The number of carbonyl (C=O) groups is 2. The number of allylic oxidation sites excluding steroid dienone is 1. The predicted octanol–water partition coefficient (Wildman–Crippen LogP) is 4.42. The van der Waals surface area contributed by atoms with E-state index in [4.69, 9.17) is 16.3 Å². The highest BCUT2D eigenvalue weighted by Crippen LogP contribution is 2.41. The highest BCUT2D eigenvalue weighted by atomic mass is 35.5. The first-order valence-electron chi connectivity index (χ1n) is 12.5. The Balaban J connectivity index is 1.59. The van der Waals surface area contributed by atoms with Gasteiger partial charge in [-0.3, -0.25) is 4.99 Å². The SMILES string of the molecule is CC(C)(C)OC(=O)NS(=O)(=O)NC1CCC(C2=C(C(=O)O)C(c3ccc(F)c(F)c3Cl)N=C(c3nccs3)N2)CC1. The molecule has 1 saturated carbocycles. The molecule has 1 aromatic heterocycles. The molecule has 222 valence electrons. The summed E-state index contributed by atoms with van der Waals surface area (Å²) in [5.74, 6) is -3.95. The minimum atomic E-state index is -4.22. The Morgan fingerprint density at radius 1 is 1.20 bits per heavy atom. The van der Waals surface area contributed by atoms with Crippen molar-refractivity contribution < 1.29 is 36.6 Å². The average molecular weight is 632 g/mol. The van der Waals surface area contributed by atoms with Crippen molar-refractivity contribution in [3.05, 3.63) is 62.2 Å². The molecule has 0 saturated heterocycles. The summed E-state index contributed by atoms with van der Waals surface area (Å²) in [4.78, 5) is 33.2. The summed E-state index contributed by atoms with van der Waals surface area (Å²) >= 11 is 7.37. The molecule has 0 spiro atoms. The number of hydrogen-bond acceptors (Lipinski definition) is 9. The fraction of sp³-hybridized carbons (Fsp3) is 0.440. The van der Waals surface area contributed by atoms with E-state index in [-0.39, 0.29) is 22.9 Å². The van der Waals surface area contributed by atoms with Crippen LogP contribution in [-0.2, 0) is 19.7 Å². The van der Waals surface area contributed by atoms with Gasteiger partial charge >= 0.3 is 22.3 Å². The van der Waals surface area contributed by atoms with E-state index < -0.39 is 56.6 Å². The molecule has 4 N–H and O–H groups in total. The number of aliphatic carboxylic acids is 1. The maximum absolute atomic E-state index is 14.4. The van der Waals surface area contributed by atoms with Gasteiger partial charge in [0, 0.05) is 28.9 Å². The molecule has 4 rings (SSSR count). The maximum atomic E-state index is 14.4. The van der Waals surface area contributed by atoms with Crippen molar-refractivity contribution in [3.8, 4) is 0 Å². The lowest BCUT2D eigenvalue weighted by molar-refractivity contribution is -0.133. The number of amides is 1. The van der Waals surface area contributed by atoms with Crippen molar-refractivity contribution in [2.45, 2.75) is 64.1 Å². The third kappa shape index (κ3) is 7.39. The largest absolute Gasteiger partial charge is 0.478 e. The summed E-state index contributed by atoms with van der Waals surface area (Å²) in [6.07, 6.45) is 1.79. The lowest BCUT2D eigenvalue weighted by Crippen LogP contribution is -2.48. The first-order chi connectivity index (χ1) is 19.1. The minimum Gasteiger partial charge on any atom is -0.478 e. The second-order valence-corrected chi connectivity index (χ2v) is 13.2. The lowest BCUT2D eigenvalue weighted by atomic mass is 9.80. The first kappa shape index (κ1) is 30.8. The number of carboxylic acids is 1. The van der Waals surface area contributed by atoms with Crippen molar-refractivity contribution in [2.24, 2.45) is 10.9 Å². The second kappa shape index (κ2) is 12.0. The molecule has 1 unspecified atom stereocenters. The number of halogens is 3. The second-order valence-electron chi connectivity index (χ2n) is 10.5. The summed E-state index contributed by atoms with van der Waals surface area (Å²) in [5, 5.41) is 14.9. The standard InChI is InChI=1S/C25H28ClF2N5O6S2/c1-25(2,3)39-24(36)33-41(37,38)32-13-6-4-12(5-7-13)19-16(23(34)35)20(14-8-9-15(27)18(28)17(14)26)31-21(30-19)22-29-10-11-40-22/h8-13,20,32H,4-7H2,1-3H3,(H,30,31)(H,33,36)(H,34,35). The van der Waals surface area contributed by atoms with Crippen molar-refractivity contribution in [1.29, 1.82) is 0 Å². The van der Waals surface area contributed by atoms with Gasteiger partial charge in [-0.2, -0.15) is 13.1 Å². The van der Waals surface area contributed by atoms with E-state index in [1.807, 2.05) is 4.72 Å². The van der Waals surface area contributed by atoms with Gasteiger partial charge in [-0.25, -0.2) is 28.1 Å². The van der Waals surface area contributed by atoms with Crippen molar-refractivity contribution in [1.82, 2.24) is 19.7 Å². The number of ether oxygens (including phenoxy) is 1. The zero-order valence-corrected chi connectivity index (χ0v) is 24.6. The van der Waals surface area contributed by atoms with E-state index in [1.165, 1.54) is 17.4 Å². The molecular formula is C25H28ClF2N5O6S2. The minimum absolute atomic E-state index is 0.0225. The Labute approximate surface area is 244 Å². The van der Waals surface area contributed by atoms with Gasteiger partial charge in [0.05, 0.1) is 10.6 Å². The smallest absolute Gasteiger partial charge is 0.422 e. The Morgan fingerprint density at radius 2 is 1.88 bits per heavy atom. The molecule has 2 heterocycles. The van der Waals surface area contributed by atoms with Gasteiger partial charge < -0.3 is 15.2 Å². The van der Waals surface area contributed by atoms with Crippen LogP contribution in [0.4, 0.5) is 13.6 Å². The zero-order valence-electron chi connectivity index (χ0n) is 22.2. The summed E-state index contributed by atoms with van der Waals surface area (Å²) in [6, 6.07) is 0.259. The van der Waals surface area contributed by atoms with Crippen LogP contribution in [0.2, 0.25) is 5.02 Å². The molecule has 1 atom stereocenters. The molecule has 0 bridgehead atoms. The predicted molar refractivity (Wildman–Crippen MR) is 148 cm³/mol. The number of carboxylic acid groups (broad SMARTS) is 1. The monoisotopic (exact) mass is 631 g/mol. The van der Waals surface area contributed by atoms with Crippen molar-refractivity contribution in [3.63, 3.8) is 0 Å². The molecule has 1 fully saturated rings. The fourth-order valence-electron chi connectivity index (χ4n) is 4.71. The first-order valence-corrected chi connectivity index (χ1v) is 15.3. The van der Waals surface area contributed by atoms with Crippen LogP contribution in [0.5, 0.6) is 0 Å². The molecule has 2 aliphatic rings. The van der Waals surface area contributed by atoms with Crippen LogP contribution in [0, 0.1) is 17.6 Å². The van der Waals surface area contributed by atoms with E-state index in [0.717, 1.165) is 6.07 Å². The van der Waals surface area contributed by atoms with Gasteiger partial charge in [0.25, 0.3) is 0 Å². The van der Waals surface area contributed by atoms with Crippen LogP contribution in [0.15, 0.2) is 40.0 Å².